The molecular weight excluding hydrogens is 212 g/mol. The summed E-state index contributed by atoms with van der Waals surface area (Å²) >= 11 is 0. The van der Waals surface area contributed by atoms with Gasteiger partial charge in [-0.2, -0.15) is 5.10 Å². The van der Waals surface area contributed by atoms with Gasteiger partial charge < -0.3 is 10.2 Å². The van der Waals surface area contributed by atoms with Gasteiger partial charge in [0.25, 0.3) is 0 Å². The van der Waals surface area contributed by atoms with Crippen molar-refractivity contribution in [2.75, 3.05) is 21.1 Å². The highest BCUT2D eigenvalue weighted by Crippen LogP contribution is 2.43. The van der Waals surface area contributed by atoms with E-state index in [1.54, 1.807) is 0 Å². The van der Waals surface area contributed by atoms with Crippen molar-refractivity contribution in [3.63, 3.8) is 0 Å². The van der Waals surface area contributed by atoms with Gasteiger partial charge in [-0.25, -0.2) is 0 Å². The van der Waals surface area contributed by atoms with Crippen molar-refractivity contribution < 1.29 is 0 Å². The van der Waals surface area contributed by atoms with Crippen LogP contribution in [0.5, 0.6) is 0 Å². The molecule has 1 heterocycles. The van der Waals surface area contributed by atoms with E-state index < -0.39 is 0 Å². The van der Waals surface area contributed by atoms with Crippen LogP contribution in [-0.2, 0) is 7.05 Å². The van der Waals surface area contributed by atoms with Crippen molar-refractivity contribution in [1.82, 2.24) is 20.0 Å². The first kappa shape index (κ1) is 12.6. The highest BCUT2D eigenvalue weighted by atomic mass is 15.3. The fourth-order valence-corrected chi connectivity index (χ4v) is 3.32. The number of nitrogens with one attached hydrogen (secondary N) is 1. The van der Waals surface area contributed by atoms with Gasteiger partial charge in [-0.15, -0.1) is 0 Å². The van der Waals surface area contributed by atoms with Crippen LogP contribution in [0.2, 0.25) is 0 Å². The van der Waals surface area contributed by atoms with Crippen molar-refractivity contribution in [2.24, 2.45) is 7.05 Å². The van der Waals surface area contributed by atoms with Gasteiger partial charge in [0.15, 0.2) is 0 Å². The van der Waals surface area contributed by atoms with Crippen LogP contribution in [0.1, 0.15) is 37.3 Å². The summed E-state index contributed by atoms with van der Waals surface area (Å²) in [5.41, 5.74) is 1.54. The highest BCUT2D eigenvalue weighted by molar-refractivity contribution is 5.19. The molecule has 1 saturated carbocycles. The van der Waals surface area contributed by atoms with Gasteiger partial charge in [0.05, 0.1) is 12.2 Å². The van der Waals surface area contributed by atoms with Crippen molar-refractivity contribution in [1.29, 1.82) is 0 Å². The molecule has 2 rings (SSSR count). The van der Waals surface area contributed by atoms with Gasteiger partial charge in [0, 0.05) is 24.3 Å². The second kappa shape index (κ2) is 4.78. The Bertz CT molecular complexity index is 363. The molecule has 4 nitrogen and oxygen atoms in total. The van der Waals surface area contributed by atoms with Crippen LogP contribution in [0.3, 0.4) is 0 Å². The molecule has 1 aromatic heterocycles. The molecule has 1 fully saturated rings. The van der Waals surface area contributed by atoms with E-state index in [0.717, 1.165) is 0 Å². The van der Waals surface area contributed by atoms with Gasteiger partial charge in [-0.3, -0.25) is 4.68 Å². The standard InChI is InChI=1S/C13H24N4/c1-14-12(11-9-15-17(4)10-11)13(16(2)3)7-5-6-8-13/h9-10,12,14H,5-8H2,1-4H3. The van der Waals surface area contributed by atoms with Gasteiger partial charge >= 0.3 is 0 Å². The Morgan fingerprint density at radius 3 is 2.47 bits per heavy atom. The molecule has 1 N–H and O–H groups in total. The van der Waals surface area contributed by atoms with Crippen LogP contribution in [-0.4, -0.2) is 41.4 Å². The van der Waals surface area contributed by atoms with Crippen molar-refractivity contribution in [3.05, 3.63) is 18.0 Å². The van der Waals surface area contributed by atoms with E-state index >= 15 is 0 Å². The zero-order chi connectivity index (χ0) is 12.5. The Labute approximate surface area is 104 Å². The zero-order valence-electron chi connectivity index (χ0n) is 11.4. The third-order valence-corrected chi connectivity index (χ3v) is 4.24. The largest absolute Gasteiger partial charge is 0.311 e. The summed E-state index contributed by atoms with van der Waals surface area (Å²) in [6, 6.07) is 0.369. The van der Waals surface area contributed by atoms with Gasteiger partial charge in [-0.05, 0) is 34.0 Å². The minimum Gasteiger partial charge on any atom is -0.311 e. The Kier molecular flexibility index (Phi) is 3.54. The molecule has 1 atom stereocenters. The van der Waals surface area contributed by atoms with Crippen LogP contribution in [0.4, 0.5) is 0 Å². The molecule has 1 aliphatic carbocycles. The molecule has 0 bridgehead atoms. The fraction of sp³-hybridized carbons (Fsp3) is 0.769. The molecule has 1 aromatic rings. The molecule has 17 heavy (non-hydrogen) atoms. The summed E-state index contributed by atoms with van der Waals surface area (Å²) in [6.07, 6.45) is 9.31. The monoisotopic (exact) mass is 236 g/mol. The molecule has 1 unspecified atom stereocenters. The smallest absolute Gasteiger partial charge is 0.0538 e. The van der Waals surface area contributed by atoms with Crippen LogP contribution in [0.15, 0.2) is 12.4 Å². The van der Waals surface area contributed by atoms with Crippen molar-refractivity contribution >= 4 is 0 Å². The third-order valence-electron chi connectivity index (χ3n) is 4.24. The number of rotatable bonds is 4. The summed E-state index contributed by atoms with van der Waals surface area (Å²) < 4.78 is 1.89. The Morgan fingerprint density at radius 1 is 1.41 bits per heavy atom. The maximum Gasteiger partial charge on any atom is 0.0538 e. The summed E-state index contributed by atoms with van der Waals surface area (Å²) in [5, 5.41) is 7.81. The molecule has 4 heteroatoms. The van der Waals surface area contributed by atoms with Crippen LogP contribution in [0.25, 0.3) is 0 Å². The van der Waals surface area contributed by atoms with Gasteiger partial charge in [0.2, 0.25) is 0 Å². The highest BCUT2D eigenvalue weighted by Gasteiger charge is 2.43. The molecule has 0 saturated heterocycles. The SMILES string of the molecule is CNC(c1cnn(C)c1)C1(N(C)C)CCCC1. The van der Waals surface area contributed by atoms with Crippen molar-refractivity contribution in [2.45, 2.75) is 37.3 Å². The van der Waals surface area contributed by atoms with Gasteiger partial charge in [-0.1, -0.05) is 12.8 Å². The fourth-order valence-electron chi connectivity index (χ4n) is 3.32. The maximum absolute atomic E-state index is 4.31. The third kappa shape index (κ3) is 2.11. The minimum atomic E-state index is 0.248. The number of aryl methyl sites for hydroxylation is 1. The van der Waals surface area contributed by atoms with E-state index in [9.17, 15) is 0 Å². The second-order valence-corrected chi connectivity index (χ2v) is 5.37. The maximum atomic E-state index is 4.31. The first-order chi connectivity index (χ1) is 8.10. The Balaban J connectivity index is 2.33. The predicted molar refractivity (Wildman–Crippen MR) is 69.9 cm³/mol. The predicted octanol–water partition coefficient (Wildman–Crippen LogP) is 1.55. The average Bonchev–Trinajstić information content (AvgIpc) is 2.90. The Morgan fingerprint density at radius 2 is 2.06 bits per heavy atom. The quantitative estimate of drug-likeness (QED) is 0.861. The van der Waals surface area contributed by atoms with Crippen molar-refractivity contribution in [3.8, 4) is 0 Å². The first-order valence-corrected chi connectivity index (χ1v) is 6.43. The van der Waals surface area contributed by atoms with Crippen LogP contribution >= 0.6 is 0 Å². The number of aromatic nitrogens is 2. The van der Waals surface area contributed by atoms with E-state index in [-0.39, 0.29) is 5.54 Å². The molecule has 0 aliphatic heterocycles. The summed E-state index contributed by atoms with van der Waals surface area (Å²) in [7, 11) is 8.44. The lowest BCUT2D eigenvalue weighted by Gasteiger charge is -2.43. The Hall–Kier alpha value is -0.870. The van der Waals surface area contributed by atoms with E-state index in [4.69, 9.17) is 0 Å². The number of hydrogen-bond donors (Lipinski definition) is 1. The molecule has 0 radical (unpaired) electrons. The summed E-state index contributed by atoms with van der Waals surface area (Å²) in [5.74, 6) is 0. The van der Waals surface area contributed by atoms with E-state index in [0.29, 0.717) is 6.04 Å². The molecule has 0 spiro atoms. The normalized spacial score (nSPS) is 21.0. The lowest BCUT2D eigenvalue weighted by atomic mass is 9.83. The lowest BCUT2D eigenvalue weighted by Crippen LogP contribution is -2.51. The van der Waals surface area contributed by atoms with Gasteiger partial charge in [0.1, 0.15) is 0 Å². The van der Waals surface area contributed by atoms with Crippen LogP contribution < -0.4 is 5.32 Å². The first-order valence-electron chi connectivity index (χ1n) is 6.43. The molecule has 0 aromatic carbocycles. The minimum absolute atomic E-state index is 0.248. The average molecular weight is 236 g/mol. The second-order valence-electron chi connectivity index (χ2n) is 5.37. The summed E-state index contributed by atoms with van der Waals surface area (Å²) in [4.78, 5) is 2.40. The molecule has 0 amide bonds. The zero-order valence-corrected chi connectivity index (χ0v) is 11.4. The van der Waals surface area contributed by atoms with Crippen LogP contribution in [0, 0.1) is 0 Å². The number of nitrogens with zero attached hydrogens (tertiary/aromatic N) is 3. The molecule has 1 aliphatic rings. The number of hydrogen-bond acceptors (Lipinski definition) is 3. The number of likely N-dealkylation sites (N-methyl/N-ethyl adjacent to an activating group) is 2. The van der Waals surface area contributed by atoms with E-state index in [2.05, 4.69) is 42.7 Å². The topological polar surface area (TPSA) is 33.1 Å². The van der Waals surface area contributed by atoms with E-state index in [1.165, 1.54) is 31.2 Å². The lowest BCUT2D eigenvalue weighted by molar-refractivity contribution is 0.108. The molecular formula is C13H24N4. The van der Waals surface area contributed by atoms with E-state index in [1.807, 2.05) is 17.9 Å². The summed E-state index contributed by atoms with van der Waals surface area (Å²) in [6.45, 7) is 0. The molecule has 96 valence electrons.